The molecule has 0 saturated carbocycles. The molecule has 4 heteroatoms. The van der Waals surface area contributed by atoms with Crippen LogP contribution in [0.4, 0.5) is 0 Å². The molecule has 0 aliphatic carbocycles. The Kier molecular flexibility index (Phi) is 6.22. The maximum Gasteiger partial charge on any atom is 0.251 e. The molecule has 0 aliphatic rings. The van der Waals surface area contributed by atoms with Crippen molar-refractivity contribution in [2.24, 2.45) is 0 Å². The van der Waals surface area contributed by atoms with Gasteiger partial charge in [-0.25, -0.2) is 0 Å². The van der Waals surface area contributed by atoms with E-state index >= 15 is 0 Å². The standard InChI is InChI=1S/C24H24N2O2/c1-17-6-3-10-21(12-17)23(27)25-15-19-8-5-9-20(14-19)16-26-24(28)22-11-4-7-18(2)13-22/h3-14H,15-16H2,1-2H3,(H,25,27)(H,26,28). The summed E-state index contributed by atoms with van der Waals surface area (Å²) in [4.78, 5) is 24.6. The Morgan fingerprint density at radius 1 is 0.643 bits per heavy atom. The van der Waals surface area contributed by atoms with Crippen LogP contribution in [0.3, 0.4) is 0 Å². The highest BCUT2D eigenvalue weighted by atomic mass is 16.2. The maximum absolute atomic E-state index is 12.3. The van der Waals surface area contributed by atoms with Crippen molar-refractivity contribution >= 4 is 11.8 Å². The number of amides is 2. The molecule has 0 unspecified atom stereocenters. The molecule has 3 rings (SSSR count). The number of aryl methyl sites for hydroxylation is 2. The van der Waals surface area contributed by atoms with Gasteiger partial charge in [0, 0.05) is 24.2 Å². The average molecular weight is 372 g/mol. The van der Waals surface area contributed by atoms with Crippen LogP contribution in [0.5, 0.6) is 0 Å². The van der Waals surface area contributed by atoms with Crippen LogP contribution in [0.1, 0.15) is 43.0 Å². The van der Waals surface area contributed by atoms with E-state index in [1.165, 1.54) is 0 Å². The van der Waals surface area contributed by atoms with E-state index in [1.54, 1.807) is 12.1 Å². The quantitative estimate of drug-likeness (QED) is 0.682. The van der Waals surface area contributed by atoms with Crippen LogP contribution < -0.4 is 10.6 Å². The van der Waals surface area contributed by atoms with Crippen LogP contribution >= 0.6 is 0 Å². The van der Waals surface area contributed by atoms with Gasteiger partial charge in [0.15, 0.2) is 0 Å². The summed E-state index contributed by atoms with van der Waals surface area (Å²) in [6, 6.07) is 22.9. The fraction of sp³-hybridized carbons (Fsp3) is 0.167. The molecule has 0 fully saturated rings. The Morgan fingerprint density at radius 3 is 1.50 bits per heavy atom. The van der Waals surface area contributed by atoms with Gasteiger partial charge in [0.2, 0.25) is 0 Å². The highest BCUT2D eigenvalue weighted by Gasteiger charge is 2.07. The molecule has 0 heterocycles. The summed E-state index contributed by atoms with van der Waals surface area (Å²) >= 11 is 0. The van der Waals surface area contributed by atoms with E-state index in [2.05, 4.69) is 10.6 Å². The van der Waals surface area contributed by atoms with E-state index in [9.17, 15) is 9.59 Å². The lowest BCUT2D eigenvalue weighted by Gasteiger charge is -2.09. The predicted molar refractivity (Wildman–Crippen MR) is 111 cm³/mol. The highest BCUT2D eigenvalue weighted by Crippen LogP contribution is 2.08. The lowest BCUT2D eigenvalue weighted by Crippen LogP contribution is -2.24. The van der Waals surface area contributed by atoms with Crippen molar-refractivity contribution in [3.63, 3.8) is 0 Å². The van der Waals surface area contributed by atoms with Gasteiger partial charge in [0.25, 0.3) is 11.8 Å². The minimum absolute atomic E-state index is 0.0955. The Bertz CT molecular complexity index is 918. The zero-order chi connectivity index (χ0) is 19.9. The van der Waals surface area contributed by atoms with Gasteiger partial charge in [0.1, 0.15) is 0 Å². The van der Waals surface area contributed by atoms with E-state index < -0.39 is 0 Å². The third kappa shape index (κ3) is 5.30. The molecule has 3 aromatic rings. The fourth-order valence-electron chi connectivity index (χ4n) is 2.99. The summed E-state index contributed by atoms with van der Waals surface area (Å²) in [6.45, 7) is 4.80. The lowest BCUT2D eigenvalue weighted by molar-refractivity contribution is 0.0943. The van der Waals surface area contributed by atoms with Gasteiger partial charge in [-0.2, -0.15) is 0 Å². The molecular formula is C24H24N2O2. The van der Waals surface area contributed by atoms with Crippen LogP contribution in [0.2, 0.25) is 0 Å². The number of carbonyl (C=O) groups is 2. The highest BCUT2D eigenvalue weighted by molar-refractivity contribution is 5.94. The zero-order valence-corrected chi connectivity index (χ0v) is 16.2. The first kappa shape index (κ1) is 19.4. The number of carbonyl (C=O) groups excluding carboxylic acids is 2. The molecule has 28 heavy (non-hydrogen) atoms. The SMILES string of the molecule is Cc1cccc(C(=O)NCc2cccc(CNC(=O)c3cccc(C)c3)c2)c1. The summed E-state index contributed by atoms with van der Waals surface area (Å²) in [6.07, 6.45) is 0. The number of benzene rings is 3. The molecule has 0 aromatic heterocycles. The van der Waals surface area contributed by atoms with Crippen molar-refractivity contribution in [2.45, 2.75) is 26.9 Å². The van der Waals surface area contributed by atoms with Crippen LogP contribution in [0.15, 0.2) is 72.8 Å². The van der Waals surface area contributed by atoms with E-state index in [1.807, 2.05) is 74.5 Å². The van der Waals surface area contributed by atoms with E-state index in [4.69, 9.17) is 0 Å². The normalized spacial score (nSPS) is 10.4. The predicted octanol–water partition coefficient (Wildman–Crippen LogP) is 4.16. The molecule has 3 aromatic carbocycles. The molecule has 142 valence electrons. The average Bonchev–Trinajstić information content (AvgIpc) is 2.70. The van der Waals surface area contributed by atoms with Crippen molar-refractivity contribution in [2.75, 3.05) is 0 Å². The third-order valence-electron chi connectivity index (χ3n) is 4.46. The second-order valence-corrected chi connectivity index (χ2v) is 6.92. The lowest BCUT2D eigenvalue weighted by atomic mass is 10.1. The Labute approximate surface area is 165 Å². The number of hydrogen-bond donors (Lipinski definition) is 2. The summed E-state index contributed by atoms with van der Waals surface area (Å²) in [7, 11) is 0. The van der Waals surface area contributed by atoms with Gasteiger partial charge in [-0.05, 0) is 49.2 Å². The van der Waals surface area contributed by atoms with Crippen molar-refractivity contribution in [3.8, 4) is 0 Å². The Balaban J connectivity index is 1.56. The minimum atomic E-state index is -0.0955. The smallest absolute Gasteiger partial charge is 0.251 e. The number of nitrogens with one attached hydrogen (secondary N) is 2. The molecule has 0 saturated heterocycles. The summed E-state index contributed by atoms with van der Waals surface area (Å²) in [5.41, 5.74) is 5.40. The van der Waals surface area contributed by atoms with Gasteiger partial charge in [0.05, 0.1) is 0 Å². The minimum Gasteiger partial charge on any atom is -0.348 e. The van der Waals surface area contributed by atoms with Crippen molar-refractivity contribution in [3.05, 3.63) is 106 Å². The second-order valence-electron chi connectivity index (χ2n) is 6.92. The van der Waals surface area contributed by atoms with Gasteiger partial charge in [-0.3, -0.25) is 9.59 Å². The van der Waals surface area contributed by atoms with Crippen LogP contribution in [0, 0.1) is 13.8 Å². The maximum atomic E-state index is 12.3. The Hall–Kier alpha value is -3.40. The van der Waals surface area contributed by atoms with Gasteiger partial charge in [-0.1, -0.05) is 59.7 Å². The fourth-order valence-corrected chi connectivity index (χ4v) is 2.99. The van der Waals surface area contributed by atoms with Gasteiger partial charge >= 0.3 is 0 Å². The summed E-state index contributed by atoms with van der Waals surface area (Å²) < 4.78 is 0. The molecule has 4 nitrogen and oxygen atoms in total. The van der Waals surface area contributed by atoms with Crippen LogP contribution in [0.25, 0.3) is 0 Å². The van der Waals surface area contributed by atoms with Crippen LogP contribution in [-0.2, 0) is 13.1 Å². The molecule has 0 spiro atoms. The second kappa shape index (κ2) is 9.00. The van der Waals surface area contributed by atoms with Gasteiger partial charge in [-0.15, -0.1) is 0 Å². The molecule has 2 amide bonds. The van der Waals surface area contributed by atoms with Crippen molar-refractivity contribution < 1.29 is 9.59 Å². The zero-order valence-electron chi connectivity index (χ0n) is 16.2. The molecule has 0 bridgehead atoms. The molecule has 0 radical (unpaired) electrons. The third-order valence-corrected chi connectivity index (χ3v) is 4.46. The topological polar surface area (TPSA) is 58.2 Å². The summed E-state index contributed by atoms with van der Waals surface area (Å²) in [5, 5.41) is 5.88. The molecule has 0 atom stereocenters. The largest absolute Gasteiger partial charge is 0.348 e. The molecule has 2 N–H and O–H groups in total. The van der Waals surface area contributed by atoms with E-state index in [0.717, 1.165) is 22.3 Å². The summed E-state index contributed by atoms with van der Waals surface area (Å²) in [5.74, 6) is -0.191. The van der Waals surface area contributed by atoms with Crippen LogP contribution in [-0.4, -0.2) is 11.8 Å². The Morgan fingerprint density at radius 2 is 1.07 bits per heavy atom. The molecule has 0 aliphatic heterocycles. The number of hydrogen-bond acceptors (Lipinski definition) is 2. The first-order valence-electron chi connectivity index (χ1n) is 9.29. The van der Waals surface area contributed by atoms with Gasteiger partial charge < -0.3 is 10.6 Å². The van der Waals surface area contributed by atoms with Crippen molar-refractivity contribution in [1.82, 2.24) is 10.6 Å². The van der Waals surface area contributed by atoms with E-state index in [-0.39, 0.29) is 11.8 Å². The van der Waals surface area contributed by atoms with E-state index in [0.29, 0.717) is 24.2 Å². The van der Waals surface area contributed by atoms with Crippen molar-refractivity contribution in [1.29, 1.82) is 0 Å². The first-order valence-corrected chi connectivity index (χ1v) is 9.29. The first-order chi connectivity index (χ1) is 13.5. The molecular weight excluding hydrogens is 348 g/mol. The monoisotopic (exact) mass is 372 g/mol. The number of rotatable bonds is 6.